The van der Waals surface area contributed by atoms with Crippen molar-refractivity contribution in [1.29, 1.82) is 0 Å². The molecule has 3 rings (SSSR count). The molecule has 0 aliphatic heterocycles. The van der Waals surface area contributed by atoms with Gasteiger partial charge < -0.3 is 10.4 Å². The summed E-state index contributed by atoms with van der Waals surface area (Å²) in [5.74, 6) is 0. The van der Waals surface area contributed by atoms with Crippen LogP contribution in [0.1, 0.15) is 64.2 Å². The molecule has 3 aliphatic carbocycles. The van der Waals surface area contributed by atoms with Crippen molar-refractivity contribution in [3.8, 4) is 0 Å². The highest BCUT2D eigenvalue weighted by Gasteiger charge is 2.43. The third-order valence-electron chi connectivity index (χ3n) is 5.77. The van der Waals surface area contributed by atoms with E-state index >= 15 is 0 Å². The minimum absolute atomic E-state index is 0.280. The topological polar surface area (TPSA) is 32.3 Å². The molecular weight excluding hydrogens is 210 g/mol. The smallest absolute Gasteiger partial charge is 0.0499 e. The number of aliphatic hydroxyl groups is 1. The fourth-order valence-corrected chi connectivity index (χ4v) is 3.99. The van der Waals surface area contributed by atoms with Crippen molar-refractivity contribution >= 4 is 0 Å². The van der Waals surface area contributed by atoms with Crippen LogP contribution in [-0.2, 0) is 0 Å². The molecule has 0 amide bonds. The van der Waals surface area contributed by atoms with E-state index in [4.69, 9.17) is 0 Å². The second-order valence-electron chi connectivity index (χ2n) is 7.02. The van der Waals surface area contributed by atoms with Crippen LogP contribution in [0, 0.1) is 10.8 Å². The average molecular weight is 237 g/mol. The Hall–Kier alpha value is -0.0800. The van der Waals surface area contributed by atoms with E-state index in [1.807, 2.05) is 0 Å². The third-order valence-corrected chi connectivity index (χ3v) is 5.77. The molecule has 98 valence electrons. The Morgan fingerprint density at radius 3 is 2.12 bits per heavy atom. The molecule has 3 saturated carbocycles. The largest absolute Gasteiger partial charge is 0.396 e. The van der Waals surface area contributed by atoms with Gasteiger partial charge in [0.15, 0.2) is 0 Å². The Balaban J connectivity index is 1.42. The van der Waals surface area contributed by atoms with Crippen LogP contribution in [0.5, 0.6) is 0 Å². The monoisotopic (exact) mass is 237 g/mol. The van der Waals surface area contributed by atoms with Crippen molar-refractivity contribution in [2.75, 3.05) is 13.2 Å². The zero-order valence-corrected chi connectivity index (χ0v) is 11.0. The maximum Gasteiger partial charge on any atom is 0.0499 e. The number of hydrogen-bond acceptors (Lipinski definition) is 2. The van der Waals surface area contributed by atoms with Crippen molar-refractivity contribution in [1.82, 2.24) is 5.32 Å². The van der Waals surface area contributed by atoms with Crippen LogP contribution in [-0.4, -0.2) is 24.3 Å². The molecule has 1 spiro atoms. The minimum atomic E-state index is 0.280. The van der Waals surface area contributed by atoms with E-state index < -0.39 is 0 Å². The summed E-state index contributed by atoms with van der Waals surface area (Å²) in [6, 6.07) is 0.741. The van der Waals surface area contributed by atoms with Gasteiger partial charge in [-0.1, -0.05) is 12.8 Å². The Bertz CT molecular complexity index is 256. The normalized spacial score (nSPS) is 30.9. The highest BCUT2D eigenvalue weighted by Crippen LogP contribution is 2.49. The molecule has 3 aliphatic rings. The lowest BCUT2D eigenvalue weighted by Gasteiger charge is -2.38. The second kappa shape index (κ2) is 4.55. The fraction of sp³-hybridized carbons (Fsp3) is 1.00. The molecule has 2 nitrogen and oxygen atoms in total. The zero-order valence-electron chi connectivity index (χ0n) is 11.0. The lowest BCUT2D eigenvalue weighted by molar-refractivity contribution is 0.155. The molecule has 0 heterocycles. The molecule has 2 N–H and O–H groups in total. The SMILES string of the molecule is OCC1(CNC2CCC3(CCCC3)CC2)CC1. The first-order valence-corrected chi connectivity index (χ1v) is 7.60. The van der Waals surface area contributed by atoms with Crippen molar-refractivity contribution in [2.45, 2.75) is 70.3 Å². The second-order valence-corrected chi connectivity index (χ2v) is 7.02. The zero-order chi connectivity index (χ0) is 11.8. The van der Waals surface area contributed by atoms with E-state index in [1.54, 1.807) is 0 Å². The summed E-state index contributed by atoms with van der Waals surface area (Å²) in [6.07, 6.45) is 14.1. The van der Waals surface area contributed by atoms with Crippen LogP contribution in [0.25, 0.3) is 0 Å². The first-order chi connectivity index (χ1) is 8.26. The Morgan fingerprint density at radius 2 is 1.59 bits per heavy atom. The fourth-order valence-electron chi connectivity index (χ4n) is 3.99. The van der Waals surface area contributed by atoms with Gasteiger partial charge in [0.1, 0.15) is 0 Å². The van der Waals surface area contributed by atoms with Crippen molar-refractivity contribution in [3.63, 3.8) is 0 Å². The molecule has 0 radical (unpaired) electrons. The molecule has 0 aromatic carbocycles. The highest BCUT2D eigenvalue weighted by molar-refractivity contribution is 4.96. The molecule has 3 fully saturated rings. The predicted molar refractivity (Wildman–Crippen MR) is 69.9 cm³/mol. The average Bonchev–Trinajstić information content (AvgIpc) is 3.03. The van der Waals surface area contributed by atoms with Crippen molar-refractivity contribution < 1.29 is 5.11 Å². The molecule has 17 heavy (non-hydrogen) atoms. The van der Waals surface area contributed by atoms with E-state index in [1.165, 1.54) is 64.2 Å². The van der Waals surface area contributed by atoms with Gasteiger partial charge in [-0.15, -0.1) is 0 Å². The van der Waals surface area contributed by atoms with Gasteiger partial charge in [0, 0.05) is 24.6 Å². The van der Waals surface area contributed by atoms with Gasteiger partial charge in [-0.05, 0) is 56.8 Å². The Labute approximate surface area is 105 Å². The quantitative estimate of drug-likeness (QED) is 0.788. The molecular formula is C15H27NO. The van der Waals surface area contributed by atoms with Crippen molar-refractivity contribution in [2.24, 2.45) is 10.8 Å². The first kappa shape index (κ1) is 12.0. The van der Waals surface area contributed by atoms with Gasteiger partial charge >= 0.3 is 0 Å². The molecule has 0 unspecified atom stereocenters. The maximum atomic E-state index is 9.31. The molecule has 0 atom stereocenters. The van der Waals surface area contributed by atoms with E-state index in [2.05, 4.69) is 5.32 Å². The van der Waals surface area contributed by atoms with E-state index in [0.717, 1.165) is 18.0 Å². The van der Waals surface area contributed by atoms with E-state index in [-0.39, 0.29) is 5.41 Å². The van der Waals surface area contributed by atoms with Gasteiger partial charge in [-0.3, -0.25) is 0 Å². The Kier molecular flexibility index (Phi) is 3.20. The van der Waals surface area contributed by atoms with Crippen LogP contribution in [0.15, 0.2) is 0 Å². The summed E-state index contributed by atoms with van der Waals surface area (Å²) in [5, 5.41) is 13.0. The van der Waals surface area contributed by atoms with Crippen LogP contribution < -0.4 is 5.32 Å². The summed E-state index contributed by atoms with van der Waals surface area (Å²) >= 11 is 0. The van der Waals surface area contributed by atoms with Gasteiger partial charge in [-0.25, -0.2) is 0 Å². The maximum absolute atomic E-state index is 9.31. The lowest BCUT2D eigenvalue weighted by Crippen LogP contribution is -2.40. The number of aliphatic hydroxyl groups excluding tert-OH is 1. The Morgan fingerprint density at radius 1 is 0.941 bits per heavy atom. The van der Waals surface area contributed by atoms with E-state index in [9.17, 15) is 5.11 Å². The van der Waals surface area contributed by atoms with Crippen LogP contribution in [0.4, 0.5) is 0 Å². The number of rotatable bonds is 4. The molecule has 0 saturated heterocycles. The minimum Gasteiger partial charge on any atom is -0.396 e. The summed E-state index contributed by atoms with van der Waals surface area (Å²) < 4.78 is 0. The van der Waals surface area contributed by atoms with Gasteiger partial charge in [-0.2, -0.15) is 0 Å². The summed E-state index contributed by atoms with van der Waals surface area (Å²) in [6.45, 7) is 1.44. The summed E-state index contributed by atoms with van der Waals surface area (Å²) in [7, 11) is 0. The lowest BCUT2D eigenvalue weighted by atomic mass is 9.71. The van der Waals surface area contributed by atoms with Crippen LogP contribution in [0.3, 0.4) is 0 Å². The predicted octanol–water partition coefficient (Wildman–Crippen LogP) is 2.85. The number of nitrogens with one attached hydrogen (secondary N) is 1. The highest BCUT2D eigenvalue weighted by atomic mass is 16.3. The van der Waals surface area contributed by atoms with Gasteiger partial charge in [0.25, 0.3) is 0 Å². The van der Waals surface area contributed by atoms with Gasteiger partial charge in [0.2, 0.25) is 0 Å². The van der Waals surface area contributed by atoms with Crippen molar-refractivity contribution in [3.05, 3.63) is 0 Å². The summed E-state index contributed by atoms with van der Waals surface area (Å²) in [5.41, 5.74) is 1.04. The molecule has 0 aromatic rings. The van der Waals surface area contributed by atoms with Crippen LogP contribution >= 0.6 is 0 Å². The van der Waals surface area contributed by atoms with Crippen LogP contribution in [0.2, 0.25) is 0 Å². The molecule has 0 bridgehead atoms. The standard InChI is InChI=1S/C15H27NO/c17-12-15(9-10-15)11-16-13-3-7-14(8-4-13)5-1-2-6-14/h13,16-17H,1-12H2. The molecule has 0 aromatic heterocycles. The number of hydrogen-bond donors (Lipinski definition) is 2. The van der Waals surface area contributed by atoms with Gasteiger partial charge in [0.05, 0.1) is 0 Å². The summed E-state index contributed by atoms with van der Waals surface area (Å²) in [4.78, 5) is 0. The third kappa shape index (κ3) is 2.53. The molecule has 2 heteroatoms. The van der Waals surface area contributed by atoms with E-state index in [0.29, 0.717) is 6.61 Å². The first-order valence-electron chi connectivity index (χ1n) is 7.60.